The molecule has 1 amide bonds. The molecule has 0 fully saturated rings. The second-order valence-electron chi connectivity index (χ2n) is 3.50. The summed E-state index contributed by atoms with van der Waals surface area (Å²) in [6.07, 6.45) is 0.290. The van der Waals surface area contributed by atoms with E-state index in [9.17, 15) is 4.79 Å². The molecule has 0 aromatic heterocycles. The van der Waals surface area contributed by atoms with Gasteiger partial charge in [0.05, 0.1) is 12.5 Å². The third-order valence-electron chi connectivity index (χ3n) is 2.16. The number of nitrogens with two attached hydrogens (primary N) is 1. The zero-order valence-electron chi connectivity index (χ0n) is 9.78. The quantitative estimate of drug-likeness (QED) is 0.775. The number of nitrogens with one attached hydrogen (secondary N) is 1. The summed E-state index contributed by atoms with van der Waals surface area (Å²) in [7, 11) is 0. The van der Waals surface area contributed by atoms with Gasteiger partial charge < -0.3 is 15.8 Å². The first-order chi connectivity index (χ1) is 8.67. The molecule has 3 N–H and O–H groups in total. The molecule has 1 aromatic carbocycles. The predicted octanol–water partition coefficient (Wildman–Crippen LogP) is 1.32. The van der Waals surface area contributed by atoms with Crippen LogP contribution in [0, 0.1) is 11.3 Å². The van der Waals surface area contributed by atoms with Crippen molar-refractivity contribution >= 4 is 21.8 Å². The van der Waals surface area contributed by atoms with Crippen molar-refractivity contribution in [1.29, 1.82) is 5.26 Å². The minimum Gasteiger partial charge on any atom is -0.483 e. The SMILES string of the molecule is N#CCCNC(=O)COc1ccc(Br)cc1CN. The molecule has 0 saturated carbocycles. The molecule has 5 nitrogen and oxygen atoms in total. The first-order valence-electron chi connectivity index (χ1n) is 5.42. The first-order valence-corrected chi connectivity index (χ1v) is 6.21. The number of rotatable bonds is 6. The molecule has 0 heterocycles. The average Bonchev–Trinajstić information content (AvgIpc) is 2.37. The topological polar surface area (TPSA) is 88.1 Å². The maximum Gasteiger partial charge on any atom is 0.257 e. The Morgan fingerprint density at radius 3 is 3.00 bits per heavy atom. The van der Waals surface area contributed by atoms with Crippen LogP contribution in [-0.4, -0.2) is 19.1 Å². The lowest BCUT2D eigenvalue weighted by molar-refractivity contribution is -0.123. The van der Waals surface area contributed by atoms with Gasteiger partial charge in [0.1, 0.15) is 5.75 Å². The van der Waals surface area contributed by atoms with Crippen LogP contribution < -0.4 is 15.8 Å². The van der Waals surface area contributed by atoms with Crippen LogP contribution >= 0.6 is 15.9 Å². The largest absolute Gasteiger partial charge is 0.483 e. The van der Waals surface area contributed by atoms with E-state index in [0.29, 0.717) is 18.8 Å². The average molecular weight is 312 g/mol. The molecule has 0 saturated heterocycles. The summed E-state index contributed by atoms with van der Waals surface area (Å²) >= 11 is 3.34. The predicted molar refractivity (Wildman–Crippen MR) is 70.8 cm³/mol. The van der Waals surface area contributed by atoms with Crippen LogP contribution in [-0.2, 0) is 11.3 Å². The number of carbonyl (C=O) groups excluding carboxylic acids is 1. The van der Waals surface area contributed by atoms with E-state index < -0.39 is 0 Å². The zero-order chi connectivity index (χ0) is 13.4. The van der Waals surface area contributed by atoms with Gasteiger partial charge in [-0.3, -0.25) is 4.79 Å². The zero-order valence-corrected chi connectivity index (χ0v) is 11.4. The van der Waals surface area contributed by atoms with Crippen molar-refractivity contribution < 1.29 is 9.53 Å². The highest BCUT2D eigenvalue weighted by molar-refractivity contribution is 9.10. The van der Waals surface area contributed by atoms with Crippen molar-refractivity contribution in [2.45, 2.75) is 13.0 Å². The number of nitrogens with zero attached hydrogens (tertiary/aromatic N) is 1. The van der Waals surface area contributed by atoms with Gasteiger partial charge in [-0.25, -0.2) is 0 Å². The van der Waals surface area contributed by atoms with Gasteiger partial charge in [-0.2, -0.15) is 5.26 Å². The number of ether oxygens (including phenoxy) is 1. The lowest BCUT2D eigenvalue weighted by Crippen LogP contribution is -2.29. The summed E-state index contributed by atoms with van der Waals surface area (Å²) < 4.78 is 6.29. The Kier molecular flexibility index (Phi) is 6.19. The molecule has 0 spiro atoms. The molecule has 1 rings (SSSR count). The highest BCUT2D eigenvalue weighted by atomic mass is 79.9. The summed E-state index contributed by atoms with van der Waals surface area (Å²) in [6, 6.07) is 7.37. The van der Waals surface area contributed by atoms with Gasteiger partial charge >= 0.3 is 0 Å². The summed E-state index contributed by atoms with van der Waals surface area (Å²) in [5, 5.41) is 10.9. The third kappa shape index (κ3) is 4.73. The van der Waals surface area contributed by atoms with Crippen LogP contribution in [0.1, 0.15) is 12.0 Å². The fourth-order valence-electron chi connectivity index (χ4n) is 1.30. The van der Waals surface area contributed by atoms with Gasteiger partial charge in [0.2, 0.25) is 0 Å². The minimum absolute atomic E-state index is 0.0833. The Hall–Kier alpha value is -1.58. The first kappa shape index (κ1) is 14.5. The summed E-state index contributed by atoms with van der Waals surface area (Å²) in [4.78, 5) is 11.4. The molecule has 0 unspecified atom stereocenters. The Balaban J connectivity index is 2.48. The van der Waals surface area contributed by atoms with Gasteiger partial charge in [0.25, 0.3) is 5.91 Å². The van der Waals surface area contributed by atoms with Crippen molar-refractivity contribution in [3.63, 3.8) is 0 Å². The second-order valence-corrected chi connectivity index (χ2v) is 4.42. The highest BCUT2D eigenvalue weighted by Crippen LogP contribution is 2.22. The molecule has 0 bridgehead atoms. The van der Waals surface area contributed by atoms with Crippen LogP contribution in [0.3, 0.4) is 0 Å². The van der Waals surface area contributed by atoms with Crippen LogP contribution in [0.15, 0.2) is 22.7 Å². The van der Waals surface area contributed by atoms with E-state index >= 15 is 0 Å². The third-order valence-corrected chi connectivity index (χ3v) is 2.65. The molecule has 96 valence electrons. The Bertz CT molecular complexity index is 457. The molecule has 0 aliphatic heterocycles. The number of amides is 1. The summed E-state index contributed by atoms with van der Waals surface area (Å²) in [6.45, 7) is 0.591. The van der Waals surface area contributed by atoms with Crippen molar-refractivity contribution in [3.05, 3.63) is 28.2 Å². The van der Waals surface area contributed by atoms with Crippen molar-refractivity contribution in [2.75, 3.05) is 13.2 Å². The molecule has 6 heteroatoms. The Labute approximate surface area is 114 Å². The standard InChI is InChI=1S/C12H14BrN3O2/c13-10-2-3-11(9(6-10)7-15)18-8-12(17)16-5-1-4-14/h2-3,6H,1,5,7-8,15H2,(H,16,17). The molecule has 0 aliphatic rings. The molecule has 0 aliphatic carbocycles. The Morgan fingerprint density at radius 2 is 2.33 bits per heavy atom. The van der Waals surface area contributed by atoms with Crippen molar-refractivity contribution in [1.82, 2.24) is 5.32 Å². The van der Waals surface area contributed by atoms with E-state index in [1.54, 1.807) is 6.07 Å². The smallest absolute Gasteiger partial charge is 0.257 e. The monoisotopic (exact) mass is 311 g/mol. The Morgan fingerprint density at radius 1 is 1.56 bits per heavy atom. The number of benzene rings is 1. The van der Waals surface area contributed by atoms with Gasteiger partial charge in [-0.1, -0.05) is 15.9 Å². The van der Waals surface area contributed by atoms with E-state index in [2.05, 4.69) is 21.2 Å². The van der Waals surface area contributed by atoms with Gasteiger partial charge in [-0.05, 0) is 18.2 Å². The maximum absolute atomic E-state index is 11.4. The fourth-order valence-corrected chi connectivity index (χ4v) is 1.71. The van der Waals surface area contributed by atoms with E-state index in [4.69, 9.17) is 15.7 Å². The number of nitriles is 1. The van der Waals surface area contributed by atoms with Crippen LogP contribution in [0.25, 0.3) is 0 Å². The normalized spacial score (nSPS) is 9.61. The van der Waals surface area contributed by atoms with E-state index in [1.807, 2.05) is 18.2 Å². The van der Waals surface area contributed by atoms with Crippen molar-refractivity contribution in [2.24, 2.45) is 5.73 Å². The van der Waals surface area contributed by atoms with Crippen LogP contribution in [0.2, 0.25) is 0 Å². The maximum atomic E-state index is 11.4. The summed E-state index contributed by atoms with van der Waals surface area (Å²) in [5.41, 5.74) is 6.41. The fraction of sp³-hybridized carbons (Fsp3) is 0.333. The molecule has 0 atom stereocenters. The van der Waals surface area contributed by atoms with Crippen LogP contribution in [0.4, 0.5) is 0 Å². The van der Waals surface area contributed by atoms with Gasteiger partial charge in [-0.15, -0.1) is 0 Å². The van der Waals surface area contributed by atoms with Crippen LogP contribution in [0.5, 0.6) is 5.75 Å². The van der Waals surface area contributed by atoms with E-state index in [1.165, 1.54) is 0 Å². The molecular formula is C12H14BrN3O2. The molecule has 1 aromatic rings. The molecule has 18 heavy (non-hydrogen) atoms. The highest BCUT2D eigenvalue weighted by Gasteiger charge is 2.06. The van der Waals surface area contributed by atoms with Crippen molar-refractivity contribution in [3.8, 4) is 11.8 Å². The van der Waals surface area contributed by atoms with E-state index in [-0.39, 0.29) is 18.9 Å². The van der Waals surface area contributed by atoms with Gasteiger partial charge in [0.15, 0.2) is 6.61 Å². The number of hydrogen-bond donors (Lipinski definition) is 2. The lowest BCUT2D eigenvalue weighted by Gasteiger charge is -2.10. The minimum atomic E-state index is -0.254. The summed E-state index contributed by atoms with van der Waals surface area (Å²) in [5.74, 6) is 0.340. The van der Waals surface area contributed by atoms with Gasteiger partial charge in [0, 0.05) is 23.1 Å². The second kappa shape index (κ2) is 7.69. The number of halogens is 1. The molecule has 0 radical (unpaired) electrons. The lowest BCUT2D eigenvalue weighted by atomic mass is 10.2. The number of hydrogen-bond acceptors (Lipinski definition) is 4. The van der Waals surface area contributed by atoms with E-state index in [0.717, 1.165) is 10.0 Å². The molecular weight excluding hydrogens is 298 g/mol. The number of carbonyl (C=O) groups is 1.